The van der Waals surface area contributed by atoms with Gasteiger partial charge in [0.25, 0.3) is 0 Å². The first-order valence-electron chi connectivity index (χ1n) is 11.4. The van der Waals surface area contributed by atoms with E-state index in [0.29, 0.717) is 11.3 Å². The molecule has 9 nitrogen and oxygen atoms in total. The van der Waals surface area contributed by atoms with E-state index in [1.165, 1.54) is 12.0 Å². The van der Waals surface area contributed by atoms with Gasteiger partial charge in [-0.2, -0.15) is 0 Å². The summed E-state index contributed by atoms with van der Waals surface area (Å²) in [5, 5.41) is 3.26. The number of thioether (sulfide) groups is 1. The van der Waals surface area contributed by atoms with E-state index in [9.17, 15) is 19.2 Å². The number of aryl methyl sites for hydroxylation is 1. The van der Waals surface area contributed by atoms with E-state index >= 15 is 0 Å². The molecule has 0 spiro atoms. The van der Waals surface area contributed by atoms with Crippen molar-refractivity contribution >= 4 is 41.3 Å². The van der Waals surface area contributed by atoms with Gasteiger partial charge in [-0.1, -0.05) is 42.5 Å². The van der Waals surface area contributed by atoms with Gasteiger partial charge in [-0.05, 0) is 51.0 Å². The van der Waals surface area contributed by atoms with Crippen molar-refractivity contribution in [2.75, 3.05) is 19.0 Å². The Morgan fingerprint density at radius 1 is 1.00 bits per heavy atom. The third kappa shape index (κ3) is 6.78. The van der Waals surface area contributed by atoms with Crippen molar-refractivity contribution in [2.45, 2.75) is 50.0 Å². The molecular formula is C26H31N3O6S. The van der Waals surface area contributed by atoms with E-state index in [-0.39, 0.29) is 0 Å². The number of methoxy groups -OCH3 is 1. The quantitative estimate of drug-likeness (QED) is 0.567. The van der Waals surface area contributed by atoms with Crippen LogP contribution in [-0.2, 0) is 23.9 Å². The summed E-state index contributed by atoms with van der Waals surface area (Å²) in [6, 6.07) is 14.8. The monoisotopic (exact) mass is 513 g/mol. The molecule has 1 heterocycles. The molecule has 3 atom stereocenters. The molecule has 0 aliphatic carbocycles. The maximum atomic E-state index is 13.5. The molecule has 2 aromatic carbocycles. The smallest absolute Gasteiger partial charge is 0.340 e. The number of carbonyl (C=O) groups excluding carboxylic acids is 4. The molecule has 1 saturated heterocycles. The van der Waals surface area contributed by atoms with E-state index < -0.39 is 52.7 Å². The lowest BCUT2D eigenvalue weighted by Crippen LogP contribution is -2.48. The predicted octanol–water partition coefficient (Wildman–Crippen LogP) is 3.64. The number of benzene rings is 2. The van der Waals surface area contributed by atoms with Crippen molar-refractivity contribution in [1.29, 1.82) is 0 Å². The molecule has 1 fully saturated rings. The fraction of sp³-hybridized carbons (Fsp3) is 0.385. The summed E-state index contributed by atoms with van der Waals surface area (Å²) < 4.78 is 10.5. The van der Waals surface area contributed by atoms with Gasteiger partial charge in [0.05, 0.1) is 19.7 Å². The summed E-state index contributed by atoms with van der Waals surface area (Å²) in [5.41, 5.74) is 1.40. The summed E-state index contributed by atoms with van der Waals surface area (Å²) in [7, 11) is 1.26. The molecule has 3 unspecified atom stereocenters. The average Bonchev–Trinajstić information content (AvgIpc) is 3.22. The highest BCUT2D eigenvalue weighted by molar-refractivity contribution is 8.02. The van der Waals surface area contributed by atoms with Crippen LogP contribution in [0.1, 0.15) is 37.9 Å². The van der Waals surface area contributed by atoms with E-state index in [4.69, 9.17) is 9.47 Å². The fourth-order valence-corrected chi connectivity index (χ4v) is 5.27. The second-order valence-corrected chi connectivity index (χ2v) is 10.5. The zero-order chi connectivity index (χ0) is 26.5. The van der Waals surface area contributed by atoms with Gasteiger partial charge in [-0.15, -0.1) is 11.8 Å². The summed E-state index contributed by atoms with van der Waals surface area (Å²) in [6.07, 6.45) is 0. The molecule has 36 heavy (non-hydrogen) atoms. The number of hydrogen-bond acceptors (Lipinski definition) is 7. The number of carbonyl (C=O) groups is 4. The van der Waals surface area contributed by atoms with Crippen molar-refractivity contribution in [3.05, 3.63) is 65.7 Å². The molecule has 0 aromatic heterocycles. The van der Waals surface area contributed by atoms with Gasteiger partial charge in [0.1, 0.15) is 10.9 Å². The Balaban J connectivity index is 1.86. The van der Waals surface area contributed by atoms with Crippen molar-refractivity contribution in [3.8, 4) is 0 Å². The highest BCUT2D eigenvalue weighted by atomic mass is 32.2. The number of hydrogen-bond donors (Lipinski definition) is 2. The van der Waals surface area contributed by atoms with Gasteiger partial charge in [0, 0.05) is 5.69 Å². The Morgan fingerprint density at radius 3 is 2.31 bits per heavy atom. The Morgan fingerprint density at radius 2 is 1.69 bits per heavy atom. The van der Waals surface area contributed by atoms with Crippen molar-refractivity contribution in [1.82, 2.24) is 10.2 Å². The Hall–Kier alpha value is -3.53. The molecule has 0 bridgehead atoms. The van der Waals surface area contributed by atoms with Crippen LogP contribution in [0, 0.1) is 6.92 Å². The van der Waals surface area contributed by atoms with Gasteiger partial charge in [-0.3, -0.25) is 9.59 Å². The zero-order valence-electron chi connectivity index (χ0n) is 20.9. The third-order valence-corrected chi connectivity index (χ3v) is 6.68. The SMILES string of the molecule is COC(=O)C1SC(C(=O)OC(C)(C)C)N(C(=O)CNC(=O)Nc2cccc(C)c2)C1c1ccccc1. The van der Waals surface area contributed by atoms with Crippen LogP contribution in [0.15, 0.2) is 54.6 Å². The maximum Gasteiger partial charge on any atom is 0.340 e. The minimum Gasteiger partial charge on any atom is -0.468 e. The van der Waals surface area contributed by atoms with Crippen LogP contribution in [0.25, 0.3) is 0 Å². The van der Waals surface area contributed by atoms with Gasteiger partial charge in [0.15, 0.2) is 5.37 Å². The lowest BCUT2D eigenvalue weighted by molar-refractivity contribution is -0.161. The maximum absolute atomic E-state index is 13.5. The molecule has 3 rings (SSSR count). The number of rotatable bonds is 6. The number of esters is 2. The van der Waals surface area contributed by atoms with E-state index in [2.05, 4.69) is 10.6 Å². The molecule has 192 valence electrons. The summed E-state index contributed by atoms with van der Waals surface area (Å²) >= 11 is 0.998. The van der Waals surface area contributed by atoms with Gasteiger partial charge >= 0.3 is 18.0 Å². The molecule has 1 aliphatic heterocycles. The van der Waals surface area contributed by atoms with Crippen LogP contribution in [0.4, 0.5) is 10.5 Å². The highest BCUT2D eigenvalue weighted by Gasteiger charge is 2.52. The van der Waals surface area contributed by atoms with Gasteiger partial charge < -0.3 is 25.0 Å². The number of nitrogens with zero attached hydrogens (tertiary/aromatic N) is 1. The van der Waals surface area contributed by atoms with Gasteiger partial charge in [0.2, 0.25) is 5.91 Å². The molecule has 0 saturated carbocycles. The lowest BCUT2D eigenvalue weighted by Gasteiger charge is -2.31. The lowest BCUT2D eigenvalue weighted by atomic mass is 10.0. The molecule has 2 aromatic rings. The summed E-state index contributed by atoms with van der Waals surface area (Å²) in [4.78, 5) is 53.1. The van der Waals surface area contributed by atoms with E-state index in [1.54, 1.807) is 63.2 Å². The largest absolute Gasteiger partial charge is 0.468 e. The zero-order valence-corrected chi connectivity index (χ0v) is 21.8. The Labute approximate surface area is 214 Å². The first-order chi connectivity index (χ1) is 17.0. The first kappa shape index (κ1) is 27.1. The van der Waals surface area contributed by atoms with E-state index in [0.717, 1.165) is 17.3 Å². The van der Waals surface area contributed by atoms with Crippen LogP contribution < -0.4 is 10.6 Å². The van der Waals surface area contributed by atoms with Crippen LogP contribution in [0.5, 0.6) is 0 Å². The van der Waals surface area contributed by atoms with Crippen molar-refractivity contribution in [3.63, 3.8) is 0 Å². The molecule has 0 radical (unpaired) electrons. The van der Waals surface area contributed by atoms with Gasteiger partial charge in [-0.25, -0.2) is 9.59 Å². The van der Waals surface area contributed by atoms with Crippen LogP contribution in [-0.4, -0.2) is 58.7 Å². The summed E-state index contributed by atoms with van der Waals surface area (Å²) in [6.45, 7) is 6.67. The standard InChI is InChI=1S/C26H31N3O6S/c1-16-10-9-13-18(14-16)28-25(33)27-15-19(30)29-20(17-11-7-6-8-12-17)21(23(31)34-5)36-22(29)24(32)35-26(2,3)4/h6-14,20-22H,15H2,1-5H3,(H2,27,28,33). The topological polar surface area (TPSA) is 114 Å². The number of ether oxygens (including phenoxy) is 2. The average molecular weight is 514 g/mol. The van der Waals surface area contributed by atoms with Crippen molar-refractivity contribution < 1.29 is 28.7 Å². The number of urea groups is 1. The Bertz CT molecular complexity index is 1120. The number of anilines is 1. The van der Waals surface area contributed by atoms with Crippen molar-refractivity contribution in [2.24, 2.45) is 0 Å². The number of amides is 3. The first-order valence-corrected chi connectivity index (χ1v) is 12.4. The molecule has 2 N–H and O–H groups in total. The normalized spacial score (nSPS) is 19.4. The van der Waals surface area contributed by atoms with Crippen LogP contribution >= 0.6 is 11.8 Å². The second-order valence-electron chi connectivity index (χ2n) is 9.30. The molecule has 3 amide bonds. The third-order valence-electron chi connectivity index (χ3n) is 5.26. The molecule has 10 heteroatoms. The molecular weight excluding hydrogens is 482 g/mol. The summed E-state index contributed by atoms with van der Waals surface area (Å²) in [5.74, 6) is -1.77. The highest BCUT2D eigenvalue weighted by Crippen LogP contribution is 2.46. The number of nitrogens with one attached hydrogen (secondary N) is 2. The van der Waals surface area contributed by atoms with Crippen LogP contribution in [0.3, 0.4) is 0 Å². The Kier molecular flexibility index (Phi) is 8.62. The minimum atomic E-state index is -1.10. The predicted molar refractivity (Wildman–Crippen MR) is 137 cm³/mol. The van der Waals surface area contributed by atoms with Crippen LogP contribution in [0.2, 0.25) is 0 Å². The second kappa shape index (κ2) is 11.5. The minimum absolute atomic E-state index is 0.394. The van der Waals surface area contributed by atoms with E-state index in [1.807, 2.05) is 19.1 Å². The fourth-order valence-electron chi connectivity index (χ4n) is 3.81. The molecule has 1 aliphatic rings.